The van der Waals surface area contributed by atoms with Crippen LogP contribution in [0.4, 0.5) is 5.82 Å². The standard InChI is InChI=1S/C14H14BrN3S/c1-10-7-13(16-9-12(10)15)18-14(19)17-8-11-5-3-2-4-6-11/h2-7,9H,8H2,1H3,(H2,16,17,18,19). The van der Waals surface area contributed by atoms with Crippen LogP contribution in [0.15, 0.2) is 47.1 Å². The smallest absolute Gasteiger partial charge is 0.172 e. The number of halogens is 1. The van der Waals surface area contributed by atoms with Gasteiger partial charge in [0.15, 0.2) is 5.11 Å². The van der Waals surface area contributed by atoms with E-state index in [-0.39, 0.29) is 0 Å². The zero-order chi connectivity index (χ0) is 13.7. The third-order valence-electron chi connectivity index (χ3n) is 2.58. The predicted octanol–water partition coefficient (Wildman–Crippen LogP) is 3.64. The summed E-state index contributed by atoms with van der Waals surface area (Å²) < 4.78 is 0.987. The Morgan fingerprint density at radius 1 is 1.32 bits per heavy atom. The van der Waals surface area contributed by atoms with Crippen LogP contribution < -0.4 is 10.6 Å². The molecule has 1 heterocycles. The van der Waals surface area contributed by atoms with Crippen LogP contribution in [0, 0.1) is 6.92 Å². The molecule has 0 aliphatic carbocycles. The lowest BCUT2D eigenvalue weighted by Gasteiger charge is -2.10. The zero-order valence-electron chi connectivity index (χ0n) is 10.5. The lowest BCUT2D eigenvalue weighted by Crippen LogP contribution is -2.28. The van der Waals surface area contributed by atoms with Crippen molar-refractivity contribution >= 4 is 39.1 Å². The van der Waals surface area contributed by atoms with Crippen LogP contribution in [0.3, 0.4) is 0 Å². The molecule has 0 bridgehead atoms. The molecule has 0 saturated carbocycles. The van der Waals surface area contributed by atoms with Gasteiger partial charge in [-0.1, -0.05) is 30.3 Å². The molecule has 19 heavy (non-hydrogen) atoms. The van der Waals surface area contributed by atoms with E-state index in [2.05, 4.69) is 43.7 Å². The number of nitrogens with zero attached hydrogens (tertiary/aromatic N) is 1. The Balaban J connectivity index is 1.89. The monoisotopic (exact) mass is 335 g/mol. The average Bonchev–Trinajstić information content (AvgIpc) is 2.42. The summed E-state index contributed by atoms with van der Waals surface area (Å²) in [6, 6.07) is 12.1. The molecular formula is C14H14BrN3S. The van der Waals surface area contributed by atoms with Crippen molar-refractivity contribution in [2.75, 3.05) is 5.32 Å². The highest BCUT2D eigenvalue weighted by Crippen LogP contribution is 2.17. The molecule has 0 aliphatic heterocycles. The summed E-state index contributed by atoms with van der Waals surface area (Å²) in [6.07, 6.45) is 1.76. The number of nitrogens with one attached hydrogen (secondary N) is 2. The predicted molar refractivity (Wildman–Crippen MR) is 86.2 cm³/mol. The second kappa shape index (κ2) is 6.63. The van der Waals surface area contributed by atoms with E-state index in [1.165, 1.54) is 5.56 Å². The van der Waals surface area contributed by atoms with Crippen molar-refractivity contribution < 1.29 is 0 Å². The Morgan fingerprint density at radius 2 is 2.05 bits per heavy atom. The third kappa shape index (κ3) is 4.29. The Labute approximate surface area is 126 Å². The molecule has 2 aromatic rings. The molecule has 3 nitrogen and oxygen atoms in total. The zero-order valence-corrected chi connectivity index (χ0v) is 12.9. The number of anilines is 1. The van der Waals surface area contributed by atoms with Gasteiger partial charge in [0.25, 0.3) is 0 Å². The van der Waals surface area contributed by atoms with Gasteiger partial charge in [0.2, 0.25) is 0 Å². The minimum atomic E-state index is 0.568. The maximum atomic E-state index is 5.24. The molecule has 0 fully saturated rings. The van der Waals surface area contributed by atoms with Crippen molar-refractivity contribution in [3.8, 4) is 0 Å². The quantitative estimate of drug-likeness (QED) is 0.839. The summed E-state index contributed by atoms with van der Waals surface area (Å²) in [5.74, 6) is 0.742. The van der Waals surface area contributed by atoms with Gasteiger partial charge in [-0.15, -0.1) is 0 Å². The molecule has 0 amide bonds. The SMILES string of the molecule is Cc1cc(NC(=S)NCc2ccccc2)ncc1Br. The van der Waals surface area contributed by atoms with Gasteiger partial charge in [0.1, 0.15) is 5.82 Å². The number of pyridine rings is 1. The van der Waals surface area contributed by atoms with Crippen molar-refractivity contribution in [1.29, 1.82) is 0 Å². The fourth-order valence-electron chi connectivity index (χ4n) is 1.55. The second-order valence-electron chi connectivity index (χ2n) is 4.11. The minimum absolute atomic E-state index is 0.568. The Morgan fingerprint density at radius 3 is 2.74 bits per heavy atom. The first-order valence-electron chi connectivity index (χ1n) is 5.86. The molecule has 0 aliphatic rings. The van der Waals surface area contributed by atoms with Gasteiger partial charge in [-0.05, 0) is 52.3 Å². The summed E-state index contributed by atoms with van der Waals surface area (Å²) in [5, 5.41) is 6.79. The van der Waals surface area contributed by atoms with E-state index in [0.29, 0.717) is 11.7 Å². The maximum Gasteiger partial charge on any atom is 0.172 e. The lowest BCUT2D eigenvalue weighted by molar-refractivity contribution is 0.925. The number of rotatable bonds is 3. The van der Waals surface area contributed by atoms with Gasteiger partial charge in [0.05, 0.1) is 0 Å². The first-order valence-corrected chi connectivity index (χ1v) is 7.06. The van der Waals surface area contributed by atoms with E-state index in [1.54, 1.807) is 6.20 Å². The van der Waals surface area contributed by atoms with Crippen LogP contribution in [0.2, 0.25) is 0 Å². The van der Waals surface area contributed by atoms with Crippen LogP contribution in [0.25, 0.3) is 0 Å². The van der Waals surface area contributed by atoms with E-state index < -0.39 is 0 Å². The van der Waals surface area contributed by atoms with Crippen LogP contribution >= 0.6 is 28.1 Å². The molecule has 0 atom stereocenters. The van der Waals surface area contributed by atoms with Gasteiger partial charge in [-0.3, -0.25) is 0 Å². The lowest BCUT2D eigenvalue weighted by atomic mass is 10.2. The van der Waals surface area contributed by atoms with Crippen molar-refractivity contribution in [2.45, 2.75) is 13.5 Å². The highest BCUT2D eigenvalue weighted by atomic mass is 79.9. The molecule has 1 aromatic carbocycles. The molecule has 0 spiro atoms. The highest BCUT2D eigenvalue weighted by molar-refractivity contribution is 9.10. The van der Waals surface area contributed by atoms with E-state index in [9.17, 15) is 0 Å². The number of hydrogen-bond donors (Lipinski definition) is 2. The summed E-state index contributed by atoms with van der Waals surface area (Å²) in [4.78, 5) is 4.25. The Hall–Kier alpha value is -1.46. The normalized spacial score (nSPS) is 10.0. The third-order valence-corrected chi connectivity index (χ3v) is 3.66. The first kappa shape index (κ1) is 14.0. The summed E-state index contributed by atoms with van der Waals surface area (Å²) in [7, 11) is 0. The first-order chi connectivity index (χ1) is 9.15. The number of aromatic nitrogens is 1. The number of hydrogen-bond acceptors (Lipinski definition) is 2. The molecule has 2 N–H and O–H groups in total. The van der Waals surface area contributed by atoms with Crippen molar-refractivity contribution in [3.05, 3.63) is 58.2 Å². The fourth-order valence-corrected chi connectivity index (χ4v) is 1.94. The second-order valence-corrected chi connectivity index (χ2v) is 5.37. The molecule has 5 heteroatoms. The molecule has 0 unspecified atom stereocenters. The number of thiocarbonyl (C=S) groups is 1. The van der Waals surface area contributed by atoms with E-state index in [4.69, 9.17) is 12.2 Å². The van der Waals surface area contributed by atoms with E-state index >= 15 is 0 Å². The number of benzene rings is 1. The van der Waals surface area contributed by atoms with Crippen LogP contribution in [-0.4, -0.2) is 10.1 Å². The summed E-state index contributed by atoms with van der Waals surface area (Å²) in [5.41, 5.74) is 2.30. The average molecular weight is 336 g/mol. The molecular weight excluding hydrogens is 322 g/mol. The Kier molecular flexibility index (Phi) is 4.87. The van der Waals surface area contributed by atoms with Gasteiger partial charge >= 0.3 is 0 Å². The van der Waals surface area contributed by atoms with Crippen molar-refractivity contribution in [1.82, 2.24) is 10.3 Å². The highest BCUT2D eigenvalue weighted by Gasteiger charge is 2.01. The molecule has 2 rings (SSSR count). The van der Waals surface area contributed by atoms with Crippen LogP contribution in [0.1, 0.15) is 11.1 Å². The minimum Gasteiger partial charge on any atom is -0.358 e. The van der Waals surface area contributed by atoms with Crippen molar-refractivity contribution in [2.24, 2.45) is 0 Å². The van der Waals surface area contributed by atoms with Crippen LogP contribution in [0.5, 0.6) is 0 Å². The van der Waals surface area contributed by atoms with Gasteiger partial charge in [-0.2, -0.15) is 0 Å². The maximum absolute atomic E-state index is 5.24. The van der Waals surface area contributed by atoms with E-state index in [0.717, 1.165) is 15.9 Å². The number of aryl methyl sites for hydroxylation is 1. The molecule has 1 aromatic heterocycles. The summed E-state index contributed by atoms with van der Waals surface area (Å²) >= 11 is 8.66. The van der Waals surface area contributed by atoms with Crippen molar-refractivity contribution in [3.63, 3.8) is 0 Å². The molecule has 0 saturated heterocycles. The summed E-state index contributed by atoms with van der Waals surface area (Å²) in [6.45, 7) is 2.71. The largest absolute Gasteiger partial charge is 0.358 e. The molecule has 98 valence electrons. The van der Waals surface area contributed by atoms with Crippen LogP contribution in [-0.2, 0) is 6.54 Å². The van der Waals surface area contributed by atoms with Gasteiger partial charge < -0.3 is 10.6 Å². The Bertz CT molecular complexity index is 572. The fraction of sp³-hybridized carbons (Fsp3) is 0.143. The van der Waals surface area contributed by atoms with E-state index in [1.807, 2.05) is 31.2 Å². The van der Waals surface area contributed by atoms with Gasteiger partial charge in [-0.25, -0.2) is 4.98 Å². The molecule has 0 radical (unpaired) electrons. The van der Waals surface area contributed by atoms with Gasteiger partial charge in [0, 0.05) is 17.2 Å². The topological polar surface area (TPSA) is 37.0 Å².